The molecule has 4 rings (SSSR count). The predicted molar refractivity (Wildman–Crippen MR) is 98.4 cm³/mol. The van der Waals surface area contributed by atoms with Gasteiger partial charge in [-0.05, 0) is 49.2 Å². The number of Topliss-reactive ketones (excluding diaryl/α,β-unsaturated/α-hetero) is 1. The third-order valence-corrected chi connectivity index (χ3v) is 4.74. The molecule has 5 nitrogen and oxygen atoms in total. The van der Waals surface area contributed by atoms with Crippen molar-refractivity contribution >= 4 is 33.8 Å². The number of allylic oxidation sites excluding steroid dienone is 1. The van der Waals surface area contributed by atoms with E-state index in [1.807, 2.05) is 12.1 Å². The van der Waals surface area contributed by atoms with E-state index in [1.165, 1.54) is 0 Å². The Labute approximate surface area is 158 Å². The minimum Gasteiger partial charge on any atom is -0.496 e. The van der Waals surface area contributed by atoms with E-state index in [2.05, 4.69) is 15.9 Å². The molecule has 2 aliphatic rings. The zero-order valence-electron chi connectivity index (χ0n) is 14.0. The van der Waals surface area contributed by atoms with Gasteiger partial charge in [0.1, 0.15) is 17.2 Å². The van der Waals surface area contributed by atoms with Gasteiger partial charge in [0, 0.05) is 16.1 Å². The van der Waals surface area contributed by atoms with E-state index in [0.717, 1.165) is 22.9 Å². The largest absolute Gasteiger partial charge is 0.496 e. The van der Waals surface area contributed by atoms with Crippen molar-refractivity contribution in [1.82, 2.24) is 0 Å². The van der Waals surface area contributed by atoms with Gasteiger partial charge in [0.15, 0.2) is 5.76 Å². The number of esters is 1. The van der Waals surface area contributed by atoms with Crippen molar-refractivity contribution in [3.63, 3.8) is 0 Å². The first-order valence-electron chi connectivity index (χ1n) is 8.18. The number of hydrogen-bond donors (Lipinski definition) is 0. The number of fused-ring (bicyclic) bond motifs is 1. The maximum absolute atomic E-state index is 12.6. The molecule has 6 heteroatoms. The molecule has 0 N–H and O–H groups in total. The first-order chi connectivity index (χ1) is 12.5. The monoisotopic (exact) mass is 414 g/mol. The van der Waals surface area contributed by atoms with Gasteiger partial charge in [-0.15, -0.1) is 0 Å². The Balaban J connectivity index is 1.61. The van der Waals surface area contributed by atoms with Gasteiger partial charge >= 0.3 is 5.97 Å². The number of carbonyl (C=O) groups excluding carboxylic acids is 2. The summed E-state index contributed by atoms with van der Waals surface area (Å²) >= 11 is 3.41. The van der Waals surface area contributed by atoms with Crippen molar-refractivity contribution in [1.29, 1.82) is 0 Å². The molecular formula is C20H15BrO5. The van der Waals surface area contributed by atoms with Gasteiger partial charge in [0.25, 0.3) is 0 Å². The molecule has 2 aromatic rings. The summed E-state index contributed by atoms with van der Waals surface area (Å²) in [7, 11) is 1.57. The van der Waals surface area contributed by atoms with Crippen LogP contribution in [0.1, 0.15) is 28.8 Å². The second-order valence-corrected chi connectivity index (χ2v) is 7.10. The summed E-state index contributed by atoms with van der Waals surface area (Å²) in [6.07, 6.45) is 3.39. The van der Waals surface area contributed by atoms with Crippen LogP contribution in [0.2, 0.25) is 0 Å². The van der Waals surface area contributed by atoms with E-state index in [1.54, 1.807) is 37.5 Å². The summed E-state index contributed by atoms with van der Waals surface area (Å²) in [6.45, 7) is 0. The Bertz CT molecular complexity index is 943. The molecule has 0 spiro atoms. The van der Waals surface area contributed by atoms with Crippen LogP contribution in [-0.2, 0) is 4.79 Å². The third-order valence-electron chi connectivity index (χ3n) is 4.25. The summed E-state index contributed by atoms with van der Waals surface area (Å²) in [5, 5.41) is 0. The number of benzene rings is 2. The smallest absolute Gasteiger partial charge is 0.314 e. The number of halogens is 1. The number of carbonyl (C=O) groups is 2. The van der Waals surface area contributed by atoms with Gasteiger partial charge in [-0.2, -0.15) is 0 Å². The molecule has 1 saturated carbocycles. The molecule has 132 valence electrons. The Morgan fingerprint density at radius 1 is 1.23 bits per heavy atom. The summed E-state index contributed by atoms with van der Waals surface area (Å²) in [6, 6.07) is 10.3. The predicted octanol–water partition coefficient (Wildman–Crippen LogP) is 4.39. The molecule has 1 heterocycles. The van der Waals surface area contributed by atoms with Crippen LogP contribution in [0.3, 0.4) is 0 Å². The maximum Gasteiger partial charge on any atom is 0.314 e. The Morgan fingerprint density at radius 2 is 2.04 bits per heavy atom. The van der Waals surface area contributed by atoms with Crippen molar-refractivity contribution in [2.24, 2.45) is 5.92 Å². The zero-order valence-corrected chi connectivity index (χ0v) is 15.5. The van der Waals surface area contributed by atoms with Crippen LogP contribution < -0.4 is 14.2 Å². The fraction of sp³-hybridized carbons (Fsp3) is 0.200. The van der Waals surface area contributed by atoms with Crippen LogP contribution in [-0.4, -0.2) is 18.9 Å². The van der Waals surface area contributed by atoms with Crippen molar-refractivity contribution in [2.45, 2.75) is 12.8 Å². The first kappa shape index (κ1) is 16.8. The molecule has 0 atom stereocenters. The number of ketones is 1. The lowest BCUT2D eigenvalue weighted by atomic mass is 10.1. The van der Waals surface area contributed by atoms with E-state index < -0.39 is 0 Å². The number of rotatable bonds is 4. The molecule has 1 fully saturated rings. The van der Waals surface area contributed by atoms with E-state index in [-0.39, 0.29) is 23.4 Å². The highest BCUT2D eigenvalue weighted by molar-refractivity contribution is 9.10. The topological polar surface area (TPSA) is 61.8 Å². The molecule has 0 bridgehead atoms. The molecule has 0 saturated heterocycles. The Hall–Kier alpha value is -2.60. The first-order valence-corrected chi connectivity index (χ1v) is 8.98. The quantitative estimate of drug-likeness (QED) is 0.421. The molecule has 0 radical (unpaired) electrons. The second kappa shape index (κ2) is 6.61. The average Bonchev–Trinajstić information content (AvgIpc) is 3.42. The SMILES string of the molecule is COc1ccc(Br)cc1C=C1Oc2cc(OC(=O)C3CC3)ccc2C1=O. The van der Waals surface area contributed by atoms with Crippen molar-refractivity contribution < 1.29 is 23.8 Å². The van der Waals surface area contributed by atoms with Gasteiger partial charge in [0.2, 0.25) is 5.78 Å². The van der Waals surface area contributed by atoms with Crippen molar-refractivity contribution in [3.8, 4) is 17.2 Å². The molecule has 2 aromatic carbocycles. The fourth-order valence-electron chi connectivity index (χ4n) is 2.71. The summed E-state index contributed by atoms with van der Waals surface area (Å²) in [5.41, 5.74) is 1.16. The molecule has 0 amide bonds. The average molecular weight is 415 g/mol. The van der Waals surface area contributed by atoms with Crippen LogP contribution in [0.25, 0.3) is 6.08 Å². The Morgan fingerprint density at radius 3 is 2.77 bits per heavy atom. The lowest BCUT2D eigenvalue weighted by Gasteiger charge is -2.06. The van der Waals surface area contributed by atoms with Crippen LogP contribution in [0.4, 0.5) is 0 Å². The number of hydrogen-bond acceptors (Lipinski definition) is 5. The molecular weight excluding hydrogens is 400 g/mol. The molecule has 26 heavy (non-hydrogen) atoms. The number of methoxy groups -OCH3 is 1. The van der Waals surface area contributed by atoms with E-state index in [9.17, 15) is 9.59 Å². The van der Waals surface area contributed by atoms with Gasteiger partial charge < -0.3 is 14.2 Å². The normalized spacial score (nSPS) is 17.0. The minimum atomic E-state index is -0.232. The van der Waals surface area contributed by atoms with E-state index in [4.69, 9.17) is 14.2 Å². The van der Waals surface area contributed by atoms with Crippen LogP contribution in [0.5, 0.6) is 17.2 Å². The maximum atomic E-state index is 12.6. The molecule has 0 aromatic heterocycles. The molecule has 1 aliphatic heterocycles. The highest BCUT2D eigenvalue weighted by Crippen LogP contribution is 2.37. The van der Waals surface area contributed by atoms with Crippen molar-refractivity contribution in [3.05, 3.63) is 57.8 Å². The second-order valence-electron chi connectivity index (χ2n) is 6.18. The molecule has 0 unspecified atom stereocenters. The summed E-state index contributed by atoms with van der Waals surface area (Å²) in [4.78, 5) is 24.4. The lowest BCUT2D eigenvalue weighted by molar-refractivity contribution is -0.135. The van der Waals surface area contributed by atoms with Gasteiger partial charge in [-0.25, -0.2) is 0 Å². The summed E-state index contributed by atoms with van der Waals surface area (Å²) < 4.78 is 17.2. The third kappa shape index (κ3) is 3.24. The highest BCUT2D eigenvalue weighted by atomic mass is 79.9. The van der Waals surface area contributed by atoms with Crippen LogP contribution in [0, 0.1) is 5.92 Å². The fourth-order valence-corrected chi connectivity index (χ4v) is 3.09. The van der Waals surface area contributed by atoms with Gasteiger partial charge in [-0.3, -0.25) is 9.59 Å². The van der Waals surface area contributed by atoms with Gasteiger partial charge in [0.05, 0.1) is 18.6 Å². The van der Waals surface area contributed by atoms with Crippen LogP contribution >= 0.6 is 15.9 Å². The number of ether oxygens (including phenoxy) is 3. The van der Waals surface area contributed by atoms with E-state index in [0.29, 0.717) is 22.8 Å². The highest BCUT2D eigenvalue weighted by Gasteiger charge is 2.33. The zero-order chi connectivity index (χ0) is 18.3. The standard InChI is InChI=1S/C20H15BrO5/c1-24-16-7-4-13(21)8-12(16)9-18-19(22)15-6-5-14(10-17(15)26-18)25-20(23)11-2-3-11/h4-11H,2-3H2,1H3. The minimum absolute atomic E-state index is 0.00486. The van der Waals surface area contributed by atoms with Gasteiger partial charge in [-0.1, -0.05) is 15.9 Å². The molecule has 1 aliphatic carbocycles. The van der Waals surface area contributed by atoms with Crippen molar-refractivity contribution in [2.75, 3.05) is 7.11 Å². The Kier molecular flexibility index (Phi) is 4.28. The summed E-state index contributed by atoms with van der Waals surface area (Å²) in [5.74, 6) is 1.15. The lowest BCUT2D eigenvalue weighted by Crippen LogP contribution is -2.09. The van der Waals surface area contributed by atoms with E-state index >= 15 is 0 Å². The van der Waals surface area contributed by atoms with Crippen LogP contribution in [0.15, 0.2) is 46.6 Å².